The minimum Gasteiger partial charge on any atom is -0.367 e. The van der Waals surface area contributed by atoms with Gasteiger partial charge >= 0.3 is 0 Å². The average Bonchev–Trinajstić information content (AvgIpc) is 2.64. The highest BCUT2D eigenvalue weighted by Crippen LogP contribution is 2.32. The Morgan fingerprint density at radius 1 is 1.44 bits per heavy atom. The van der Waals surface area contributed by atoms with E-state index in [1.807, 2.05) is 11.9 Å². The first kappa shape index (κ1) is 11.8. The Morgan fingerprint density at radius 2 is 2.19 bits per heavy atom. The third kappa shape index (κ3) is 2.20. The van der Waals surface area contributed by atoms with Crippen LogP contribution in [0.1, 0.15) is 6.42 Å². The summed E-state index contributed by atoms with van der Waals surface area (Å²) in [5, 5.41) is 3.16. The molecule has 0 bridgehead atoms. The van der Waals surface area contributed by atoms with Crippen molar-refractivity contribution in [2.45, 2.75) is 12.5 Å². The summed E-state index contributed by atoms with van der Waals surface area (Å²) >= 11 is 3.21. The normalized spacial score (nSPS) is 20.5. The zero-order valence-electron chi connectivity index (χ0n) is 8.93. The number of nitrogens with zero attached hydrogens (tertiary/aromatic N) is 1. The van der Waals surface area contributed by atoms with Crippen molar-refractivity contribution in [3.05, 3.63) is 28.2 Å². The van der Waals surface area contributed by atoms with Gasteiger partial charge in [0.2, 0.25) is 0 Å². The van der Waals surface area contributed by atoms with Crippen LogP contribution in [0.15, 0.2) is 16.6 Å². The molecule has 1 atom stereocenters. The maximum atomic E-state index is 13.7. The zero-order chi connectivity index (χ0) is 11.7. The predicted octanol–water partition coefficient (Wildman–Crippen LogP) is 2.53. The lowest BCUT2D eigenvalue weighted by molar-refractivity contribution is 0.578. The van der Waals surface area contributed by atoms with Crippen molar-refractivity contribution in [2.24, 2.45) is 0 Å². The fourth-order valence-corrected chi connectivity index (χ4v) is 2.69. The molecule has 0 aromatic heterocycles. The van der Waals surface area contributed by atoms with E-state index < -0.39 is 11.6 Å². The van der Waals surface area contributed by atoms with Crippen LogP contribution >= 0.6 is 15.9 Å². The molecule has 0 amide bonds. The third-order valence-electron chi connectivity index (χ3n) is 2.89. The van der Waals surface area contributed by atoms with Gasteiger partial charge in [-0.25, -0.2) is 8.78 Å². The number of rotatable bonds is 2. The van der Waals surface area contributed by atoms with E-state index in [1.165, 1.54) is 6.07 Å². The van der Waals surface area contributed by atoms with Crippen molar-refractivity contribution in [3.8, 4) is 0 Å². The van der Waals surface area contributed by atoms with Crippen molar-refractivity contribution >= 4 is 21.6 Å². The number of nitrogens with one attached hydrogen (secondary N) is 1. The van der Waals surface area contributed by atoms with Gasteiger partial charge in [0, 0.05) is 29.7 Å². The lowest BCUT2D eigenvalue weighted by Gasteiger charge is -2.20. The van der Waals surface area contributed by atoms with E-state index in [1.54, 1.807) is 0 Å². The molecule has 1 heterocycles. The number of hydrogen-bond donors (Lipinski definition) is 1. The highest BCUT2D eigenvalue weighted by atomic mass is 79.9. The molecular formula is C11H13BrF2N2. The van der Waals surface area contributed by atoms with Gasteiger partial charge in [-0.1, -0.05) is 0 Å². The Labute approximate surface area is 102 Å². The lowest BCUT2D eigenvalue weighted by atomic mass is 10.2. The number of halogens is 3. The third-order valence-corrected chi connectivity index (χ3v) is 3.50. The number of benzene rings is 1. The second-order valence-corrected chi connectivity index (χ2v) is 4.79. The molecule has 1 aromatic carbocycles. The maximum absolute atomic E-state index is 13.7. The van der Waals surface area contributed by atoms with Gasteiger partial charge in [0.25, 0.3) is 0 Å². The van der Waals surface area contributed by atoms with Crippen LogP contribution in [0.2, 0.25) is 0 Å². The molecule has 1 fully saturated rings. The first-order valence-electron chi connectivity index (χ1n) is 5.18. The Bertz CT molecular complexity index is 375. The molecule has 16 heavy (non-hydrogen) atoms. The Balaban J connectivity index is 2.28. The molecule has 0 aliphatic carbocycles. The van der Waals surface area contributed by atoms with E-state index in [4.69, 9.17) is 0 Å². The van der Waals surface area contributed by atoms with E-state index >= 15 is 0 Å². The summed E-state index contributed by atoms with van der Waals surface area (Å²) in [7, 11) is 1.89. The molecule has 2 nitrogen and oxygen atoms in total. The van der Waals surface area contributed by atoms with Crippen molar-refractivity contribution in [1.29, 1.82) is 0 Å². The Hall–Kier alpha value is -0.680. The topological polar surface area (TPSA) is 15.3 Å². The Kier molecular flexibility index (Phi) is 3.44. The van der Waals surface area contributed by atoms with Crippen molar-refractivity contribution < 1.29 is 8.78 Å². The van der Waals surface area contributed by atoms with Crippen LogP contribution in [0, 0.1) is 11.6 Å². The van der Waals surface area contributed by atoms with Crippen LogP contribution in [0.25, 0.3) is 0 Å². The number of anilines is 1. The van der Waals surface area contributed by atoms with Gasteiger partial charge in [-0.05, 0) is 35.5 Å². The summed E-state index contributed by atoms with van der Waals surface area (Å²) in [6, 6.07) is 2.59. The summed E-state index contributed by atoms with van der Waals surface area (Å²) in [5.74, 6) is -1.07. The molecule has 1 saturated heterocycles. The van der Waals surface area contributed by atoms with E-state index in [2.05, 4.69) is 21.2 Å². The molecule has 0 radical (unpaired) electrons. The molecule has 88 valence electrons. The van der Waals surface area contributed by atoms with Gasteiger partial charge in [-0.2, -0.15) is 0 Å². The van der Waals surface area contributed by atoms with Crippen LogP contribution < -0.4 is 10.2 Å². The van der Waals surface area contributed by atoms with Gasteiger partial charge in [-0.15, -0.1) is 0 Å². The smallest absolute Gasteiger partial charge is 0.150 e. The van der Waals surface area contributed by atoms with E-state index in [0.717, 1.165) is 25.6 Å². The van der Waals surface area contributed by atoms with E-state index in [-0.39, 0.29) is 0 Å². The lowest BCUT2D eigenvalue weighted by Crippen LogP contribution is -2.30. The minimum absolute atomic E-state index is 0.372. The van der Waals surface area contributed by atoms with Gasteiger partial charge in [0.15, 0.2) is 5.82 Å². The van der Waals surface area contributed by atoms with Crippen molar-refractivity contribution in [1.82, 2.24) is 5.32 Å². The molecular weight excluding hydrogens is 278 g/mol. The van der Waals surface area contributed by atoms with Crippen molar-refractivity contribution in [2.75, 3.05) is 25.0 Å². The van der Waals surface area contributed by atoms with Gasteiger partial charge < -0.3 is 10.2 Å². The standard InChI is InChI=1S/C11H13BrF2N2/c1-15-8-2-3-16(6-8)11-9(12)4-7(13)5-10(11)14/h4-5,8,15H,2-3,6H2,1H3. The fourth-order valence-electron chi connectivity index (χ4n) is 2.04. The quantitative estimate of drug-likeness (QED) is 0.900. The molecule has 5 heteroatoms. The minimum atomic E-state index is -0.558. The van der Waals surface area contributed by atoms with Crippen LogP contribution in [-0.2, 0) is 0 Å². The number of hydrogen-bond acceptors (Lipinski definition) is 2. The highest BCUT2D eigenvalue weighted by Gasteiger charge is 2.25. The van der Waals surface area contributed by atoms with E-state index in [0.29, 0.717) is 16.2 Å². The molecule has 2 rings (SSSR count). The summed E-state index contributed by atoms with van der Waals surface area (Å²) in [5.41, 5.74) is 0.458. The van der Waals surface area contributed by atoms with Gasteiger partial charge in [0.1, 0.15) is 5.82 Å². The predicted molar refractivity (Wildman–Crippen MR) is 63.7 cm³/mol. The second-order valence-electron chi connectivity index (χ2n) is 3.94. The van der Waals surface area contributed by atoms with Crippen LogP contribution in [0.4, 0.5) is 14.5 Å². The first-order valence-corrected chi connectivity index (χ1v) is 5.98. The summed E-state index contributed by atoms with van der Waals surface area (Å²) in [4.78, 5) is 1.93. The largest absolute Gasteiger partial charge is 0.367 e. The highest BCUT2D eigenvalue weighted by molar-refractivity contribution is 9.10. The van der Waals surface area contributed by atoms with Crippen molar-refractivity contribution in [3.63, 3.8) is 0 Å². The molecule has 0 spiro atoms. The first-order chi connectivity index (χ1) is 7.61. The van der Waals surface area contributed by atoms with E-state index in [9.17, 15) is 8.78 Å². The monoisotopic (exact) mass is 290 g/mol. The molecule has 0 saturated carbocycles. The van der Waals surface area contributed by atoms with Gasteiger partial charge in [-0.3, -0.25) is 0 Å². The number of likely N-dealkylation sites (N-methyl/N-ethyl adjacent to an activating group) is 1. The molecule has 1 N–H and O–H groups in total. The summed E-state index contributed by atoms with van der Waals surface area (Å²) in [6.45, 7) is 1.53. The Morgan fingerprint density at radius 3 is 2.75 bits per heavy atom. The maximum Gasteiger partial charge on any atom is 0.150 e. The van der Waals surface area contributed by atoms with Gasteiger partial charge in [0.05, 0.1) is 5.69 Å². The second kappa shape index (κ2) is 4.67. The van der Waals surface area contributed by atoms with Crippen LogP contribution in [0.5, 0.6) is 0 Å². The molecule has 1 unspecified atom stereocenters. The van der Waals surface area contributed by atoms with Crippen LogP contribution in [0.3, 0.4) is 0 Å². The van der Waals surface area contributed by atoms with Crippen LogP contribution in [-0.4, -0.2) is 26.2 Å². The summed E-state index contributed by atoms with van der Waals surface area (Å²) in [6.07, 6.45) is 0.972. The SMILES string of the molecule is CNC1CCN(c2c(F)cc(F)cc2Br)C1. The molecule has 1 aliphatic heterocycles. The summed E-state index contributed by atoms with van der Waals surface area (Å²) < 4.78 is 27.1. The molecule has 1 aliphatic rings. The average molecular weight is 291 g/mol. The molecule has 1 aromatic rings. The zero-order valence-corrected chi connectivity index (χ0v) is 10.5. The fraction of sp³-hybridized carbons (Fsp3) is 0.455.